The van der Waals surface area contributed by atoms with Gasteiger partial charge in [-0.1, -0.05) is 19.9 Å². The summed E-state index contributed by atoms with van der Waals surface area (Å²) in [6, 6.07) is 7.89. The zero-order valence-corrected chi connectivity index (χ0v) is 16.0. The molecule has 1 atom stereocenters. The van der Waals surface area contributed by atoms with Gasteiger partial charge in [-0.05, 0) is 70.6 Å². The van der Waals surface area contributed by atoms with Crippen molar-refractivity contribution in [2.75, 3.05) is 0 Å². The van der Waals surface area contributed by atoms with Gasteiger partial charge in [-0.2, -0.15) is 0 Å². The third kappa shape index (κ3) is 4.74. The Hall–Kier alpha value is -2.05. The molecule has 0 radical (unpaired) electrons. The lowest BCUT2D eigenvalue weighted by Crippen LogP contribution is -2.32. The van der Waals surface area contributed by atoms with E-state index in [1.807, 2.05) is 39.0 Å². The van der Waals surface area contributed by atoms with Crippen molar-refractivity contribution in [2.24, 2.45) is 5.73 Å². The first-order valence-electron chi connectivity index (χ1n) is 7.97. The van der Waals surface area contributed by atoms with Crippen molar-refractivity contribution in [1.29, 1.82) is 0 Å². The van der Waals surface area contributed by atoms with E-state index in [1.54, 1.807) is 12.1 Å². The highest BCUT2D eigenvalue weighted by molar-refractivity contribution is 9.10. The van der Waals surface area contributed by atoms with Gasteiger partial charge in [0.1, 0.15) is 23.3 Å². The normalized spacial score (nSPS) is 12.2. The zero-order chi connectivity index (χ0) is 18.7. The van der Waals surface area contributed by atoms with Crippen molar-refractivity contribution in [1.82, 2.24) is 0 Å². The third-order valence-corrected chi connectivity index (χ3v) is 4.49. The number of phenols is 1. The molecule has 0 aliphatic rings. The Balaban J connectivity index is 2.29. The number of carboxylic acids is 1. The molecule has 0 unspecified atom stereocenters. The number of nitrogens with two attached hydrogens (primary N) is 1. The minimum Gasteiger partial charge on any atom is -0.508 e. The van der Waals surface area contributed by atoms with E-state index in [9.17, 15) is 9.90 Å². The van der Waals surface area contributed by atoms with Crippen molar-refractivity contribution >= 4 is 21.9 Å². The van der Waals surface area contributed by atoms with E-state index in [0.29, 0.717) is 11.5 Å². The lowest BCUT2D eigenvalue weighted by atomic mass is 10.0. The van der Waals surface area contributed by atoms with Crippen molar-refractivity contribution < 1.29 is 19.7 Å². The molecule has 2 aromatic rings. The van der Waals surface area contributed by atoms with Crippen LogP contribution >= 0.6 is 15.9 Å². The summed E-state index contributed by atoms with van der Waals surface area (Å²) >= 11 is 3.48. The van der Waals surface area contributed by atoms with Crippen LogP contribution in [0.15, 0.2) is 34.8 Å². The Labute approximate surface area is 155 Å². The number of phenolic OH excluding ortho intramolecular Hbond substituents is 1. The summed E-state index contributed by atoms with van der Waals surface area (Å²) in [4.78, 5) is 10.9. The number of carboxylic acid groups (broad SMARTS) is 1. The SMILES string of the molecule is Cc1cc(C[C@H](N)C(=O)O)cc(Br)c1Oc1ccc(O)c(C(C)C)c1. The highest BCUT2D eigenvalue weighted by atomic mass is 79.9. The highest BCUT2D eigenvalue weighted by Gasteiger charge is 2.16. The molecule has 0 aliphatic heterocycles. The second-order valence-electron chi connectivity index (χ2n) is 6.35. The number of halogens is 1. The molecule has 6 heteroatoms. The van der Waals surface area contributed by atoms with Gasteiger partial charge in [-0.15, -0.1) is 0 Å². The standard InChI is InChI=1S/C19H22BrNO4/c1-10(2)14-9-13(4-5-17(14)22)25-18-11(3)6-12(7-15(18)20)8-16(21)19(23)24/h4-7,9-10,16,22H,8,21H2,1-3H3,(H,23,24)/t16-/m0/s1. The van der Waals surface area contributed by atoms with Crippen LogP contribution < -0.4 is 10.5 Å². The van der Waals surface area contributed by atoms with Gasteiger partial charge in [0.05, 0.1) is 4.47 Å². The molecule has 2 aromatic carbocycles. The maximum absolute atomic E-state index is 10.9. The number of benzene rings is 2. The van der Waals surface area contributed by atoms with Gasteiger partial charge in [0.25, 0.3) is 0 Å². The van der Waals surface area contributed by atoms with Gasteiger partial charge in [0, 0.05) is 5.56 Å². The van der Waals surface area contributed by atoms with E-state index in [4.69, 9.17) is 15.6 Å². The molecular formula is C19H22BrNO4. The molecule has 0 aliphatic carbocycles. The van der Waals surface area contributed by atoms with E-state index in [0.717, 1.165) is 21.2 Å². The van der Waals surface area contributed by atoms with Gasteiger partial charge in [-0.25, -0.2) is 0 Å². The number of aryl methyl sites for hydroxylation is 1. The summed E-state index contributed by atoms with van der Waals surface area (Å²) in [6.45, 7) is 5.89. The molecule has 0 aromatic heterocycles. The lowest BCUT2D eigenvalue weighted by Gasteiger charge is -2.16. The molecule has 0 fully saturated rings. The maximum Gasteiger partial charge on any atom is 0.320 e. The minimum atomic E-state index is -1.03. The average Bonchev–Trinajstić information content (AvgIpc) is 2.52. The summed E-state index contributed by atoms with van der Waals surface area (Å²) in [5, 5.41) is 18.9. The van der Waals surface area contributed by atoms with E-state index in [-0.39, 0.29) is 18.1 Å². The second-order valence-corrected chi connectivity index (χ2v) is 7.20. The van der Waals surface area contributed by atoms with E-state index >= 15 is 0 Å². The summed E-state index contributed by atoms with van der Waals surface area (Å²) in [5.41, 5.74) is 8.10. The Morgan fingerprint density at radius 2 is 1.96 bits per heavy atom. The number of hydrogen-bond donors (Lipinski definition) is 3. The number of rotatable bonds is 6. The zero-order valence-electron chi connectivity index (χ0n) is 14.4. The quantitative estimate of drug-likeness (QED) is 0.662. The van der Waals surface area contributed by atoms with Crippen molar-refractivity contribution in [3.63, 3.8) is 0 Å². The van der Waals surface area contributed by atoms with Crippen molar-refractivity contribution in [2.45, 2.75) is 39.2 Å². The van der Waals surface area contributed by atoms with Crippen LogP contribution in [0.3, 0.4) is 0 Å². The summed E-state index contributed by atoms with van der Waals surface area (Å²) < 4.78 is 6.71. The van der Waals surface area contributed by atoms with Crippen LogP contribution in [0.2, 0.25) is 0 Å². The molecule has 0 bridgehead atoms. The minimum absolute atomic E-state index is 0.174. The summed E-state index contributed by atoms with van der Waals surface area (Å²) in [7, 11) is 0. The first kappa shape index (κ1) is 19.3. The molecule has 0 heterocycles. The number of hydrogen-bond acceptors (Lipinski definition) is 4. The van der Waals surface area contributed by atoms with Gasteiger partial charge < -0.3 is 20.7 Å². The number of carbonyl (C=O) groups is 1. The molecule has 0 amide bonds. The molecule has 4 N–H and O–H groups in total. The van der Waals surface area contributed by atoms with Crippen LogP contribution in [0.4, 0.5) is 0 Å². The van der Waals surface area contributed by atoms with Gasteiger partial charge in [-0.3, -0.25) is 4.79 Å². The Bertz CT molecular complexity index is 766. The Morgan fingerprint density at radius 1 is 1.28 bits per heavy atom. The summed E-state index contributed by atoms with van der Waals surface area (Å²) in [5.74, 6) is 0.664. The first-order valence-corrected chi connectivity index (χ1v) is 8.76. The number of aromatic hydroxyl groups is 1. The predicted molar refractivity (Wildman–Crippen MR) is 100 cm³/mol. The molecule has 2 rings (SSSR count). The largest absolute Gasteiger partial charge is 0.508 e. The number of ether oxygens (including phenoxy) is 1. The molecule has 134 valence electrons. The molecule has 5 nitrogen and oxygen atoms in total. The fraction of sp³-hybridized carbons (Fsp3) is 0.316. The maximum atomic E-state index is 10.9. The first-order chi connectivity index (χ1) is 11.7. The van der Waals surface area contributed by atoms with Gasteiger partial charge in [0.15, 0.2) is 0 Å². The highest BCUT2D eigenvalue weighted by Crippen LogP contribution is 2.37. The van der Waals surface area contributed by atoms with Crippen LogP contribution in [-0.4, -0.2) is 22.2 Å². The lowest BCUT2D eigenvalue weighted by molar-refractivity contribution is -0.138. The summed E-state index contributed by atoms with van der Waals surface area (Å²) in [6.07, 6.45) is 0.242. The topological polar surface area (TPSA) is 92.8 Å². The van der Waals surface area contributed by atoms with Crippen molar-refractivity contribution in [3.05, 3.63) is 51.5 Å². The van der Waals surface area contributed by atoms with E-state index in [1.165, 1.54) is 0 Å². The average molecular weight is 408 g/mol. The molecule has 0 saturated heterocycles. The Kier molecular flexibility index (Phi) is 6.08. The predicted octanol–water partition coefficient (Wildman–Crippen LogP) is 4.33. The molecule has 0 spiro atoms. The second kappa shape index (κ2) is 7.89. The molecule has 25 heavy (non-hydrogen) atoms. The third-order valence-electron chi connectivity index (χ3n) is 3.90. The molecule has 0 saturated carbocycles. The van der Waals surface area contributed by atoms with E-state index < -0.39 is 12.0 Å². The Morgan fingerprint density at radius 3 is 2.52 bits per heavy atom. The smallest absolute Gasteiger partial charge is 0.320 e. The van der Waals surface area contributed by atoms with E-state index in [2.05, 4.69) is 15.9 Å². The monoisotopic (exact) mass is 407 g/mol. The van der Waals surface area contributed by atoms with Gasteiger partial charge >= 0.3 is 5.97 Å². The molecular weight excluding hydrogens is 386 g/mol. The van der Waals surface area contributed by atoms with Crippen LogP contribution in [0.1, 0.15) is 36.5 Å². The van der Waals surface area contributed by atoms with Crippen LogP contribution in [0.5, 0.6) is 17.2 Å². The fourth-order valence-electron chi connectivity index (χ4n) is 2.57. The van der Waals surface area contributed by atoms with Crippen LogP contribution in [-0.2, 0) is 11.2 Å². The fourth-order valence-corrected chi connectivity index (χ4v) is 3.25. The van der Waals surface area contributed by atoms with Crippen LogP contribution in [0.25, 0.3) is 0 Å². The van der Waals surface area contributed by atoms with Crippen LogP contribution in [0, 0.1) is 6.92 Å². The number of aliphatic carboxylic acids is 1. The van der Waals surface area contributed by atoms with Crippen molar-refractivity contribution in [3.8, 4) is 17.2 Å². The van der Waals surface area contributed by atoms with Gasteiger partial charge in [0.2, 0.25) is 0 Å².